The van der Waals surface area contributed by atoms with Gasteiger partial charge >= 0.3 is 0 Å². The second-order valence-corrected chi connectivity index (χ2v) is 7.58. The lowest BCUT2D eigenvalue weighted by atomic mass is 10.1. The average molecular weight is 388 g/mol. The monoisotopic (exact) mass is 388 g/mol. The van der Waals surface area contributed by atoms with E-state index in [0.717, 1.165) is 5.01 Å². The number of amides is 3. The molecule has 0 aliphatic rings. The molecule has 0 fully saturated rings. The lowest BCUT2D eigenvalue weighted by molar-refractivity contribution is -0.118. The van der Waals surface area contributed by atoms with E-state index in [1.54, 1.807) is 31.2 Å². The van der Waals surface area contributed by atoms with Crippen LogP contribution < -0.4 is 16.0 Å². The predicted molar refractivity (Wildman–Crippen MR) is 106 cm³/mol. The van der Waals surface area contributed by atoms with Crippen LogP contribution in [0, 0.1) is 19.8 Å². The summed E-state index contributed by atoms with van der Waals surface area (Å²) in [6.45, 7) is 7.92. The fraction of sp³-hybridized carbons (Fsp3) is 0.368. The second-order valence-electron chi connectivity index (χ2n) is 6.38. The SMILES string of the molecule is Cc1nc(C)c(C(=O)NCCNC(=O)c2ccc(NC(=O)C(C)C)cc2)s1. The molecule has 8 heteroatoms. The molecule has 1 heterocycles. The van der Waals surface area contributed by atoms with Crippen LogP contribution in [-0.4, -0.2) is 35.8 Å². The predicted octanol–water partition coefficient (Wildman–Crippen LogP) is 2.51. The van der Waals surface area contributed by atoms with Crippen LogP contribution in [0.5, 0.6) is 0 Å². The van der Waals surface area contributed by atoms with Crippen molar-refractivity contribution in [2.45, 2.75) is 27.7 Å². The molecule has 2 aromatic rings. The van der Waals surface area contributed by atoms with Crippen molar-refractivity contribution in [1.82, 2.24) is 15.6 Å². The van der Waals surface area contributed by atoms with Crippen molar-refractivity contribution in [3.05, 3.63) is 45.4 Å². The lowest BCUT2D eigenvalue weighted by Crippen LogP contribution is -2.34. The lowest BCUT2D eigenvalue weighted by Gasteiger charge is -2.09. The van der Waals surface area contributed by atoms with Gasteiger partial charge in [0.05, 0.1) is 10.7 Å². The maximum Gasteiger partial charge on any atom is 0.263 e. The van der Waals surface area contributed by atoms with E-state index in [4.69, 9.17) is 0 Å². The molecule has 0 spiro atoms. The summed E-state index contributed by atoms with van der Waals surface area (Å²) < 4.78 is 0. The van der Waals surface area contributed by atoms with Crippen LogP contribution >= 0.6 is 11.3 Å². The number of carbonyl (C=O) groups is 3. The highest BCUT2D eigenvalue weighted by atomic mass is 32.1. The van der Waals surface area contributed by atoms with Crippen molar-refractivity contribution < 1.29 is 14.4 Å². The highest BCUT2D eigenvalue weighted by Gasteiger charge is 2.13. The van der Waals surface area contributed by atoms with E-state index in [1.165, 1.54) is 11.3 Å². The summed E-state index contributed by atoms with van der Waals surface area (Å²) in [5.41, 5.74) is 1.84. The van der Waals surface area contributed by atoms with E-state index < -0.39 is 0 Å². The molecule has 144 valence electrons. The van der Waals surface area contributed by atoms with Crippen LogP contribution in [-0.2, 0) is 4.79 Å². The van der Waals surface area contributed by atoms with E-state index in [0.29, 0.717) is 34.9 Å². The molecule has 0 radical (unpaired) electrons. The molecule has 2 rings (SSSR count). The third-order valence-corrected chi connectivity index (χ3v) is 4.82. The Morgan fingerprint density at radius 3 is 2.11 bits per heavy atom. The van der Waals surface area contributed by atoms with Gasteiger partial charge in [0.15, 0.2) is 0 Å². The van der Waals surface area contributed by atoms with Crippen LogP contribution in [0.4, 0.5) is 5.69 Å². The number of aryl methyl sites for hydroxylation is 2. The largest absolute Gasteiger partial charge is 0.350 e. The Morgan fingerprint density at radius 2 is 1.59 bits per heavy atom. The molecule has 7 nitrogen and oxygen atoms in total. The second kappa shape index (κ2) is 9.27. The Balaban J connectivity index is 1.78. The molecule has 0 saturated carbocycles. The summed E-state index contributed by atoms with van der Waals surface area (Å²) in [6, 6.07) is 6.67. The summed E-state index contributed by atoms with van der Waals surface area (Å²) in [4.78, 5) is 40.7. The zero-order chi connectivity index (χ0) is 20.0. The van der Waals surface area contributed by atoms with Gasteiger partial charge in [-0.2, -0.15) is 0 Å². The zero-order valence-electron chi connectivity index (χ0n) is 15.9. The Bertz CT molecular complexity index is 828. The third-order valence-electron chi connectivity index (χ3n) is 3.74. The molecule has 0 atom stereocenters. The van der Waals surface area contributed by atoms with Gasteiger partial charge in [0.2, 0.25) is 5.91 Å². The molecule has 27 heavy (non-hydrogen) atoms. The number of nitrogens with one attached hydrogen (secondary N) is 3. The molecular weight excluding hydrogens is 364 g/mol. The first-order chi connectivity index (χ1) is 12.8. The molecule has 0 saturated heterocycles. The Kier molecular flexibility index (Phi) is 7.06. The van der Waals surface area contributed by atoms with Crippen molar-refractivity contribution in [1.29, 1.82) is 0 Å². The van der Waals surface area contributed by atoms with Crippen LogP contribution in [0.15, 0.2) is 24.3 Å². The number of thiazole rings is 1. The number of hydrogen-bond acceptors (Lipinski definition) is 5. The van der Waals surface area contributed by atoms with E-state index in [1.807, 2.05) is 20.8 Å². The fourth-order valence-electron chi connectivity index (χ4n) is 2.27. The maximum absolute atomic E-state index is 12.1. The van der Waals surface area contributed by atoms with Gasteiger partial charge in [0.1, 0.15) is 4.88 Å². The molecule has 0 aliphatic carbocycles. The first-order valence-corrected chi connectivity index (χ1v) is 9.51. The van der Waals surface area contributed by atoms with Crippen LogP contribution in [0.1, 0.15) is 44.6 Å². The summed E-state index contributed by atoms with van der Waals surface area (Å²) in [5, 5.41) is 9.14. The van der Waals surface area contributed by atoms with Gasteiger partial charge in [0.25, 0.3) is 11.8 Å². The van der Waals surface area contributed by atoms with Gasteiger partial charge < -0.3 is 16.0 Å². The molecular formula is C19H24N4O3S. The Hall–Kier alpha value is -2.74. The van der Waals surface area contributed by atoms with Gasteiger partial charge in [-0.1, -0.05) is 13.8 Å². The van der Waals surface area contributed by atoms with E-state index in [9.17, 15) is 14.4 Å². The third kappa shape index (κ3) is 5.89. The van der Waals surface area contributed by atoms with Gasteiger partial charge in [-0.3, -0.25) is 14.4 Å². The summed E-state index contributed by atoms with van der Waals surface area (Å²) >= 11 is 1.35. The van der Waals surface area contributed by atoms with Crippen molar-refractivity contribution in [2.24, 2.45) is 5.92 Å². The highest BCUT2D eigenvalue weighted by Crippen LogP contribution is 2.16. The fourth-order valence-corrected chi connectivity index (χ4v) is 3.10. The molecule has 0 bridgehead atoms. The number of aromatic nitrogens is 1. The number of benzene rings is 1. The van der Waals surface area contributed by atoms with E-state index in [2.05, 4.69) is 20.9 Å². The minimum Gasteiger partial charge on any atom is -0.350 e. The Labute approximate surface area is 162 Å². The Morgan fingerprint density at radius 1 is 1.00 bits per heavy atom. The van der Waals surface area contributed by atoms with Crippen LogP contribution in [0.2, 0.25) is 0 Å². The summed E-state index contributed by atoms with van der Waals surface area (Å²) in [7, 11) is 0. The maximum atomic E-state index is 12.1. The van der Waals surface area contributed by atoms with Gasteiger partial charge in [-0.05, 0) is 38.1 Å². The first kappa shape index (κ1) is 20.6. The number of carbonyl (C=O) groups excluding carboxylic acids is 3. The van der Waals surface area contributed by atoms with Crippen molar-refractivity contribution in [3.63, 3.8) is 0 Å². The number of rotatable bonds is 7. The van der Waals surface area contributed by atoms with Crippen LogP contribution in [0.25, 0.3) is 0 Å². The number of anilines is 1. The van der Waals surface area contributed by atoms with Crippen molar-refractivity contribution in [3.8, 4) is 0 Å². The minimum atomic E-state index is -0.240. The normalized spacial score (nSPS) is 10.6. The molecule has 1 aromatic heterocycles. The molecule has 1 aromatic carbocycles. The summed E-state index contributed by atoms with van der Waals surface area (Å²) in [5.74, 6) is -0.608. The average Bonchev–Trinajstić information content (AvgIpc) is 2.97. The van der Waals surface area contributed by atoms with E-state index >= 15 is 0 Å². The summed E-state index contributed by atoms with van der Waals surface area (Å²) in [6.07, 6.45) is 0. The van der Waals surface area contributed by atoms with Crippen molar-refractivity contribution >= 4 is 34.7 Å². The highest BCUT2D eigenvalue weighted by molar-refractivity contribution is 7.13. The number of hydrogen-bond donors (Lipinski definition) is 3. The quantitative estimate of drug-likeness (QED) is 0.635. The zero-order valence-corrected chi connectivity index (χ0v) is 16.7. The number of nitrogens with zero attached hydrogens (tertiary/aromatic N) is 1. The molecule has 3 amide bonds. The molecule has 0 aliphatic heterocycles. The minimum absolute atomic E-state index is 0.0747. The molecule has 3 N–H and O–H groups in total. The van der Waals surface area contributed by atoms with E-state index in [-0.39, 0.29) is 23.6 Å². The first-order valence-electron chi connectivity index (χ1n) is 8.69. The smallest absolute Gasteiger partial charge is 0.263 e. The van der Waals surface area contributed by atoms with Gasteiger partial charge in [0, 0.05) is 30.3 Å². The van der Waals surface area contributed by atoms with Crippen LogP contribution in [0.3, 0.4) is 0 Å². The standard InChI is InChI=1S/C19H24N4O3S/c1-11(2)17(24)23-15-7-5-14(6-8-15)18(25)20-9-10-21-19(26)16-12(3)22-13(4)27-16/h5-8,11H,9-10H2,1-4H3,(H,20,25)(H,21,26)(H,23,24). The molecule has 0 unspecified atom stereocenters. The van der Waals surface area contributed by atoms with Gasteiger partial charge in [-0.25, -0.2) is 4.98 Å². The van der Waals surface area contributed by atoms with Gasteiger partial charge in [-0.15, -0.1) is 11.3 Å². The topological polar surface area (TPSA) is 100 Å². The van der Waals surface area contributed by atoms with Crippen molar-refractivity contribution in [2.75, 3.05) is 18.4 Å².